The van der Waals surface area contributed by atoms with E-state index in [0.29, 0.717) is 13.0 Å². The summed E-state index contributed by atoms with van der Waals surface area (Å²) in [6, 6.07) is 11.9. The molecule has 0 unspecified atom stereocenters. The van der Waals surface area contributed by atoms with Gasteiger partial charge in [0.05, 0.1) is 6.61 Å². The molecule has 0 amide bonds. The second-order valence-corrected chi connectivity index (χ2v) is 4.91. The van der Waals surface area contributed by atoms with Gasteiger partial charge in [-0.05, 0) is 41.5 Å². The van der Waals surface area contributed by atoms with Gasteiger partial charge in [0, 0.05) is 10.9 Å². The van der Waals surface area contributed by atoms with E-state index in [1.54, 1.807) is 0 Å². The van der Waals surface area contributed by atoms with Crippen LogP contribution in [0.5, 0.6) is 5.75 Å². The Balaban J connectivity index is 2.01. The lowest BCUT2D eigenvalue weighted by Gasteiger charge is -2.06. The highest BCUT2D eigenvalue weighted by Crippen LogP contribution is 2.24. The molecule has 2 aromatic rings. The van der Waals surface area contributed by atoms with Gasteiger partial charge in [-0.2, -0.15) is 0 Å². The quantitative estimate of drug-likeness (QED) is 0.854. The van der Waals surface area contributed by atoms with Gasteiger partial charge in [0.1, 0.15) is 5.75 Å². The predicted octanol–water partition coefficient (Wildman–Crippen LogP) is 3.85. The molecular weight excluding hydrogens is 296 g/mol. The number of hydrogen-bond donors (Lipinski definition) is 1. The molecular formula is C14H13BrO3. The van der Waals surface area contributed by atoms with E-state index in [9.17, 15) is 4.79 Å². The molecule has 0 aliphatic heterocycles. The third-order valence-electron chi connectivity index (χ3n) is 2.58. The van der Waals surface area contributed by atoms with E-state index >= 15 is 0 Å². The first-order chi connectivity index (χ1) is 8.65. The second kappa shape index (κ2) is 5.87. The summed E-state index contributed by atoms with van der Waals surface area (Å²) in [5.41, 5.74) is 0. The average Bonchev–Trinajstić information content (AvgIpc) is 2.34. The van der Waals surface area contributed by atoms with Crippen LogP contribution in [0.25, 0.3) is 10.8 Å². The Labute approximate surface area is 114 Å². The molecule has 94 valence electrons. The van der Waals surface area contributed by atoms with Gasteiger partial charge < -0.3 is 9.84 Å². The lowest BCUT2D eigenvalue weighted by atomic mass is 10.1. The van der Waals surface area contributed by atoms with E-state index in [-0.39, 0.29) is 6.42 Å². The lowest BCUT2D eigenvalue weighted by Crippen LogP contribution is -2.01. The first-order valence-corrected chi connectivity index (χ1v) is 6.48. The normalized spacial score (nSPS) is 10.5. The molecule has 1 N–H and O–H groups in total. The number of carbonyl (C=O) groups is 1. The van der Waals surface area contributed by atoms with Gasteiger partial charge in [0.25, 0.3) is 0 Å². The van der Waals surface area contributed by atoms with E-state index in [1.165, 1.54) is 0 Å². The summed E-state index contributed by atoms with van der Waals surface area (Å²) in [5.74, 6) is -0.0165. The Hall–Kier alpha value is -1.55. The molecule has 18 heavy (non-hydrogen) atoms. The number of fused-ring (bicyclic) bond motifs is 1. The van der Waals surface area contributed by atoms with Crippen molar-refractivity contribution in [2.24, 2.45) is 0 Å². The van der Waals surface area contributed by atoms with Gasteiger partial charge >= 0.3 is 5.97 Å². The standard InChI is InChI=1S/C14H13BrO3/c15-12-5-3-11-9-13(6-4-10(11)8-12)18-7-1-2-14(16)17/h3-6,8-9H,1-2,7H2,(H,16,17). The number of carboxylic acid groups (broad SMARTS) is 1. The van der Waals surface area contributed by atoms with Crippen molar-refractivity contribution in [3.8, 4) is 5.75 Å². The summed E-state index contributed by atoms with van der Waals surface area (Å²) < 4.78 is 6.57. The van der Waals surface area contributed by atoms with Crippen molar-refractivity contribution in [3.63, 3.8) is 0 Å². The zero-order valence-corrected chi connectivity index (χ0v) is 11.3. The van der Waals surface area contributed by atoms with Crippen LogP contribution in [0.2, 0.25) is 0 Å². The highest BCUT2D eigenvalue weighted by molar-refractivity contribution is 9.10. The fourth-order valence-electron chi connectivity index (χ4n) is 1.70. The van der Waals surface area contributed by atoms with Crippen molar-refractivity contribution in [2.45, 2.75) is 12.8 Å². The lowest BCUT2D eigenvalue weighted by molar-refractivity contribution is -0.137. The highest BCUT2D eigenvalue weighted by Gasteiger charge is 2.00. The molecule has 0 atom stereocenters. The number of aliphatic carboxylic acids is 1. The molecule has 0 radical (unpaired) electrons. The fraction of sp³-hybridized carbons (Fsp3) is 0.214. The molecule has 0 aliphatic carbocycles. The number of halogens is 1. The van der Waals surface area contributed by atoms with Crippen molar-refractivity contribution in [1.82, 2.24) is 0 Å². The minimum atomic E-state index is -0.790. The van der Waals surface area contributed by atoms with Crippen molar-refractivity contribution >= 4 is 32.7 Å². The molecule has 0 bridgehead atoms. The Morgan fingerprint density at radius 3 is 2.67 bits per heavy atom. The molecule has 0 aliphatic rings. The summed E-state index contributed by atoms with van der Waals surface area (Å²) in [6.45, 7) is 0.425. The van der Waals surface area contributed by atoms with Gasteiger partial charge in [0.15, 0.2) is 0 Å². The summed E-state index contributed by atoms with van der Waals surface area (Å²) in [5, 5.41) is 10.8. The van der Waals surface area contributed by atoms with Crippen LogP contribution in [0.4, 0.5) is 0 Å². The molecule has 0 spiro atoms. The van der Waals surface area contributed by atoms with Crippen LogP contribution < -0.4 is 4.74 Å². The summed E-state index contributed by atoms with van der Waals surface area (Å²) >= 11 is 3.43. The summed E-state index contributed by atoms with van der Waals surface area (Å²) in [6.07, 6.45) is 0.661. The topological polar surface area (TPSA) is 46.5 Å². The van der Waals surface area contributed by atoms with Crippen molar-refractivity contribution in [2.75, 3.05) is 6.61 Å². The average molecular weight is 309 g/mol. The first kappa shape index (κ1) is 12.9. The molecule has 0 saturated heterocycles. The second-order valence-electron chi connectivity index (χ2n) is 4.00. The zero-order chi connectivity index (χ0) is 13.0. The third kappa shape index (κ3) is 3.47. The molecule has 2 rings (SSSR count). The Morgan fingerprint density at radius 1 is 1.17 bits per heavy atom. The maximum absolute atomic E-state index is 10.4. The van der Waals surface area contributed by atoms with Gasteiger partial charge in [-0.3, -0.25) is 4.79 Å². The van der Waals surface area contributed by atoms with E-state index in [0.717, 1.165) is 21.0 Å². The van der Waals surface area contributed by atoms with E-state index in [1.807, 2.05) is 36.4 Å². The van der Waals surface area contributed by atoms with Crippen LogP contribution in [0.1, 0.15) is 12.8 Å². The maximum atomic E-state index is 10.4. The number of benzene rings is 2. The van der Waals surface area contributed by atoms with Crippen LogP contribution in [0.3, 0.4) is 0 Å². The molecule has 3 nitrogen and oxygen atoms in total. The van der Waals surface area contributed by atoms with E-state index in [2.05, 4.69) is 15.9 Å². The largest absolute Gasteiger partial charge is 0.494 e. The summed E-state index contributed by atoms with van der Waals surface area (Å²) in [4.78, 5) is 10.4. The maximum Gasteiger partial charge on any atom is 0.303 e. The van der Waals surface area contributed by atoms with Crippen LogP contribution in [0, 0.1) is 0 Å². The third-order valence-corrected chi connectivity index (χ3v) is 3.07. The number of rotatable bonds is 5. The summed E-state index contributed by atoms with van der Waals surface area (Å²) in [7, 11) is 0. The van der Waals surface area contributed by atoms with Crippen LogP contribution >= 0.6 is 15.9 Å². The molecule has 2 aromatic carbocycles. The van der Waals surface area contributed by atoms with Gasteiger partial charge in [-0.15, -0.1) is 0 Å². The van der Waals surface area contributed by atoms with Crippen LogP contribution in [-0.2, 0) is 4.79 Å². The molecule has 0 heterocycles. The minimum Gasteiger partial charge on any atom is -0.494 e. The highest BCUT2D eigenvalue weighted by atomic mass is 79.9. The molecule has 0 saturated carbocycles. The number of hydrogen-bond acceptors (Lipinski definition) is 2. The smallest absolute Gasteiger partial charge is 0.303 e. The molecule has 0 aromatic heterocycles. The SMILES string of the molecule is O=C(O)CCCOc1ccc2cc(Br)ccc2c1. The van der Waals surface area contributed by atoms with Crippen molar-refractivity contribution in [1.29, 1.82) is 0 Å². The zero-order valence-electron chi connectivity index (χ0n) is 9.73. The van der Waals surface area contributed by atoms with Gasteiger partial charge in [0.2, 0.25) is 0 Å². The Bertz CT molecular complexity index is 566. The molecule has 0 fully saturated rings. The van der Waals surface area contributed by atoms with Crippen LogP contribution in [0.15, 0.2) is 40.9 Å². The van der Waals surface area contributed by atoms with Crippen molar-refractivity contribution in [3.05, 3.63) is 40.9 Å². The number of carboxylic acids is 1. The molecule has 4 heteroatoms. The van der Waals surface area contributed by atoms with Crippen LogP contribution in [-0.4, -0.2) is 17.7 Å². The van der Waals surface area contributed by atoms with E-state index in [4.69, 9.17) is 9.84 Å². The monoisotopic (exact) mass is 308 g/mol. The fourth-order valence-corrected chi connectivity index (χ4v) is 2.08. The Morgan fingerprint density at radius 2 is 1.89 bits per heavy atom. The first-order valence-electron chi connectivity index (χ1n) is 5.69. The minimum absolute atomic E-state index is 0.139. The van der Waals surface area contributed by atoms with Gasteiger partial charge in [-0.25, -0.2) is 0 Å². The van der Waals surface area contributed by atoms with Gasteiger partial charge in [-0.1, -0.05) is 28.1 Å². The predicted molar refractivity (Wildman–Crippen MR) is 74.0 cm³/mol. The number of ether oxygens (including phenoxy) is 1. The van der Waals surface area contributed by atoms with E-state index < -0.39 is 5.97 Å². The Kier molecular flexibility index (Phi) is 4.20. The van der Waals surface area contributed by atoms with Crippen molar-refractivity contribution < 1.29 is 14.6 Å².